The number of hydrogen-bond acceptors (Lipinski definition) is 3. The zero-order valence-electron chi connectivity index (χ0n) is 10.5. The summed E-state index contributed by atoms with van der Waals surface area (Å²) in [5, 5.41) is 0. The van der Waals surface area contributed by atoms with E-state index in [1.807, 2.05) is 33.8 Å². The summed E-state index contributed by atoms with van der Waals surface area (Å²) in [5.74, 6) is 0.482. The highest BCUT2D eigenvalue weighted by Crippen LogP contribution is 2.35. The topological polar surface area (TPSA) is 63.6 Å². The Kier molecular flexibility index (Phi) is 4.16. The van der Waals surface area contributed by atoms with Crippen molar-refractivity contribution < 1.29 is 17.2 Å². The molecule has 0 aromatic heterocycles. The van der Waals surface area contributed by atoms with E-state index < -0.39 is 10.4 Å². The monoisotopic (exact) mass is 258 g/mol. The second-order valence-corrected chi connectivity index (χ2v) is 5.61. The molecule has 4 nitrogen and oxygen atoms in total. The molecule has 17 heavy (non-hydrogen) atoms. The van der Waals surface area contributed by atoms with Crippen molar-refractivity contribution in [3.8, 4) is 5.75 Å². The second kappa shape index (κ2) is 5.06. The van der Waals surface area contributed by atoms with Crippen LogP contribution in [0.1, 0.15) is 50.7 Å². The summed E-state index contributed by atoms with van der Waals surface area (Å²) in [6.07, 6.45) is 0. The quantitative estimate of drug-likeness (QED) is 0.843. The van der Waals surface area contributed by atoms with Crippen LogP contribution < -0.4 is 4.18 Å². The highest BCUT2D eigenvalue weighted by atomic mass is 32.3. The van der Waals surface area contributed by atoms with E-state index in [0.717, 1.165) is 11.1 Å². The summed E-state index contributed by atoms with van der Waals surface area (Å²) >= 11 is 0. The van der Waals surface area contributed by atoms with E-state index in [1.54, 1.807) is 12.1 Å². The van der Waals surface area contributed by atoms with Crippen LogP contribution in [0.5, 0.6) is 5.75 Å². The molecule has 5 heteroatoms. The lowest BCUT2D eigenvalue weighted by molar-refractivity contribution is 0.382. The first kappa shape index (κ1) is 14.0. The van der Waals surface area contributed by atoms with E-state index in [-0.39, 0.29) is 17.6 Å². The zero-order valence-corrected chi connectivity index (χ0v) is 11.3. The lowest BCUT2D eigenvalue weighted by atomic mass is 9.94. The summed E-state index contributed by atoms with van der Waals surface area (Å²) in [6.45, 7) is 7.76. The molecule has 0 aliphatic carbocycles. The van der Waals surface area contributed by atoms with Crippen LogP contribution in [0.3, 0.4) is 0 Å². The van der Waals surface area contributed by atoms with Crippen molar-refractivity contribution >= 4 is 10.4 Å². The summed E-state index contributed by atoms with van der Waals surface area (Å²) in [7, 11) is -4.49. The van der Waals surface area contributed by atoms with Crippen LogP contribution >= 0.6 is 0 Å². The van der Waals surface area contributed by atoms with E-state index in [2.05, 4.69) is 0 Å². The number of para-hydroxylation sites is 1. The Balaban J connectivity index is 3.39. The molecule has 0 aliphatic rings. The molecule has 0 bridgehead atoms. The summed E-state index contributed by atoms with van der Waals surface area (Å²) in [4.78, 5) is 0. The van der Waals surface area contributed by atoms with Crippen molar-refractivity contribution in [2.24, 2.45) is 0 Å². The molecule has 0 atom stereocenters. The van der Waals surface area contributed by atoms with E-state index in [1.165, 1.54) is 0 Å². The van der Waals surface area contributed by atoms with Crippen molar-refractivity contribution in [3.63, 3.8) is 0 Å². The van der Waals surface area contributed by atoms with Crippen molar-refractivity contribution in [2.45, 2.75) is 39.5 Å². The van der Waals surface area contributed by atoms with Gasteiger partial charge in [0, 0.05) is 0 Å². The number of benzene rings is 1. The Hall–Kier alpha value is -1.07. The first-order chi connectivity index (χ1) is 7.72. The molecule has 0 fully saturated rings. The molecular weight excluding hydrogens is 240 g/mol. The summed E-state index contributed by atoms with van der Waals surface area (Å²) < 4.78 is 35.3. The van der Waals surface area contributed by atoms with Crippen LogP contribution in [0.15, 0.2) is 18.2 Å². The molecule has 1 aromatic carbocycles. The predicted molar refractivity (Wildman–Crippen MR) is 66.8 cm³/mol. The Morgan fingerprint density at radius 3 is 1.76 bits per heavy atom. The second-order valence-electron chi connectivity index (χ2n) is 4.59. The van der Waals surface area contributed by atoms with Crippen LogP contribution in [-0.4, -0.2) is 13.0 Å². The third kappa shape index (κ3) is 3.71. The van der Waals surface area contributed by atoms with Gasteiger partial charge in [0.05, 0.1) is 0 Å². The smallest absolute Gasteiger partial charge is 0.361 e. The molecule has 0 spiro atoms. The van der Waals surface area contributed by atoms with E-state index in [0.29, 0.717) is 0 Å². The molecule has 0 saturated carbocycles. The van der Waals surface area contributed by atoms with Crippen LogP contribution in [-0.2, 0) is 10.4 Å². The lowest BCUT2D eigenvalue weighted by Gasteiger charge is -2.17. The van der Waals surface area contributed by atoms with Crippen molar-refractivity contribution in [1.82, 2.24) is 0 Å². The molecule has 1 N–H and O–H groups in total. The Labute approximate surface area is 103 Å². The van der Waals surface area contributed by atoms with Gasteiger partial charge in [0.1, 0.15) is 0 Å². The van der Waals surface area contributed by atoms with Gasteiger partial charge in [-0.05, 0) is 23.0 Å². The maximum Gasteiger partial charge on any atom is 0.446 e. The molecular formula is C12H18O4S. The van der Waals surface area contributed by atoms with Crippen LogP contribution in [0.25, 0.3) is 0 Å². The van der Waals surface area contributed by atoms with Gasteiger partial charge in [-0.3, -0.25) is 4.55 Å². The standard InChI is InChI=1S/C12H18O4S/c1-8(2)10-6-5-7-11(9(3)4)12(10)16-17(13,14)15/h5-9H,1-4H3,(H,13,14,15). The van der Waals surface area contributed by atoms with Gasteiger partial charge in [-0.25, -0.2) is 0 Å². The van der Waals surface area contributed by atoms with Gasteiger partial charge in [-0.1, -0.05) is 45.9 Å². The Morgan fingerprint density at radius 2 is 1.47 bits per heavy atom. The van der Waals surface area contributed by atoms with Gasteiger partial charge in [-0.2, -0.15) is 8.42 Å². The summed E-state index contributed by atoms with van der Waals surface area (Å²) in [5.41, 5.74) is 1.54. The van der Waals surface area contributed by atoms with Gasteiger partial charge in [-0.15, -0.1) is 0 Å². The predicted octanol–water partition coefficient (Wildman–Crippen LogP) is 3.12. The van der Waals surface area contributed by atoms with Crippen molar-refractivity contribution in [1.29, 1.82) is 0 Å². The number of hydrogen-bond donors (Lipinski definition) is 1. The average molecular weight is 258 g/mol. The Bertz CT molecular complexity index is 463. The van der Waals surface area contributed by atoms with Gasteiger partial charge in [0.25, 0.3) is 0 Å². The molecule has 1 aromatic rings. The molecule has 1 rings (SSSR count). The molecule has 0 unspecified atom stereocenters. The minimum absolute atomic E-state index is 0.116. The van der Waals surface area contributed by atoms with E-state index >= 15 is 0 Å². The highest BCUT2D eigenvalue weighted by molar-refractivity contribution is 7.81. The van der Waals surface area contributed by atoms with Gasteiger partial charge in [0.2, 0.25) is 0 Å². The Morgan fingerprint density at radius 1 is 1.06 bits per heavy atom. The van der Waals surface area contributed by atoms with Crippen LogP contribution in [0.2, 0.25) is 0 Å². The highest BCUT2D eigenvalue weighted by Gasteiger charge is 2.19. The van der Waals surface area contributed by atoms with E-state index in [9.17, 15) is 8.42 Å². The minimum atomic E-state index is -4.49. The maximum atomic E-state index is 10.9. The largest absolute Gasteiger partial charge is 0.446 e. The summed E-state index contributed by atoms with van der Waals surface area (Å²) in [6, 6.07) is 5.47. The molecule has 0 heterocycles. The SMILES string of the molecule is CC(C)c1cccc(C(C)C)c1OS(=O)(=O)O. The molecule has 96 valence electrons. The van der Waals surface area contributed by atoms with Gasteiger partial charge in [0.15, 0.2) is 5.75 Å². The molecule has 0 amide bonds. The van der Waals surface area contributed by atoms with Crippen molar-refractivity contribution in [3.05, 3.63) is 29.3 Å². The normalized spacial score (nSPS) is 12.2. The fourth-order valence-corrected chi connectivity index (χ4v) is 2.09. The van der Waals surface area contributed by atoms with Crippen LogP contribution in [0.4, 0.5) is 0 Å². The first-order valence-electron chi connectivity index (χ1n) is 5.52. The number of rotatable bonds is 4. The van der Waals surface area contributed by atoms with Gasteiger partial charge >= 0.3 is 10.4 Å². The maximum absolute atomic E-state index is 10.9. The zero-order chi connectivity index (χ0) is 13.2. The molecule has 0 saturated heterocycles. The fraction of sp³-hybridized carbons (Fsp3) is 0.500. The molecule has 0 aliphatic heterocycles. The van der Waals surface area contributed by atoms with E-state index in [4.69, 9.17) is 8.74 Å². The first-order valence-corrected chi connectivity index (χ1v) is 6.88. The lowest BCUT2D eigenvalue weighted by Crippen LogP contribution is -2.11. The fourth-order valence-electron chi connectivity index (χ4n) is 1.68. The van der Waals surface area contributed by atoms with Crippen molar-refractivity contribution in [2.75, 3.05) is 0 Å². The van der Waals surface area contributed by atoms with Crippen LogP contribution in [0, 0.1) is 0 Å². The van der Waals surface area contributed by atoms with Gasteiger partial charge < -0.3 is 4.18 Å². The third-order valence-electron chi connectivity index (χ3n) is 2.51. The molecule has 0 radical (unpaired) electrons. The minimum Gasteiger partial charge on any atom is -0.361 e. The average Bonchev–Trinajstić information content (AvgIpc) is 2.14. The third-order valence-corrected chi connectivity index (χ3v) is 2.89.